The Morgan fingerprint density at radius 1 is 0.833 bits per heavy atom. The Bertz CT molecular complexity index is 1480. The first kappa shape index (κ1) is 24.4. The average molecular weight is 502 g/mol. The first-order chi connectivity index (χ1) is 17.3. The molecule has 1 unspecified atom stereocenters. The van der Waals surface area contributed by atoms with E-state index in [2.05, 4.69) is 36.2 Å². The van der Waals surface area contributed by atoms with Gasteiger partial charge >= 0.3 is 0 Å². The summed E-state index contributed by atoms with van der Waals surface area (Å²) in [6.07, 6.45) is 0. The molecule has 1 aromatic heterocycles. The minimum atomic E-state index is -3.50. The number of nitrogens with one attached hydrogen (secondary N) is 1. The van der Waals surface area contributed by atoms with E-state index in [0.717, 1.165) is 33.8 Å². The molecule has 0 aliphatic carbocycles. The number of rotatable bonds is 6. The molecule has 0 amide bonds. The van der Waals surface area contributed by atoms with Crippen LogP contribution in [0.15, 0.2) is 77.7 Å². The lowest BCUT2D eigenvalue weighted by atomic mass is 10.1. The molecular formula is C28H31N5O2S. The SMILES string of the molecule is Cc1ccc(S(=O)(=O)N2CCN(C(C)c3nc(Nc4cccc(C)c4)c4ccccc4n3)CC2)cc1. The van der Waals surface area contributed by atoms with Crippen LogP contribution in [0.1, 0.15) is 29.9 Å². The number of fused-ring (bicyclic) bond motifs is 1. The largest absolute Gasteiger partial charge is 0.340 e. The van der Waals surface area contributed by atoms with Gasteiger partial charge in [0.1, 0.15) is 11.6 Å². The molecular weight excluding hydrogens is 470 g/mol. The second-order valence-corrected chi connectivity index (χ2v) is 11.3. The summed E-state index contributed by atoms with van der Waals surface area (Å²) in [5.74, 6) is 1.49. The van der Waals surface area contributed by atoms with Crippen LogP contribution in [0.2, 0.25) is 0 Å². The second kappa shape index (κ2) is 9.97. The third-order valence-corrected chi connectivity index (χ3v) is 8.67. The first-order valence-corrected chi connectivity index (χ1v) is 13.7. The highest BCUT2D eigenvalue weighted by atomic mass is 32.2. The number of para-hydroxylation sites is 1. The molecule has 0 bridgehead atoms. The van der Waals surface area contributed by atoms with E-state index < -0.39 is 10.0 Å². The molecule has 8 heteroatoms. The van der Waals surface area contributed by atoms with Crippen molar-refractivity contribution in [3.05, 3.63) is 89.7 Å². The van der Waals surface area contributed by atoms with Crippen molar-refractivity contribution in [2.24, 2.45) is 0 Å². The summed E-state index contributed by atoms with van der Waals surface area (Å²) >= 11 is 0. The molecule has 1 N–H and O–H groups in total. The number of aryl methyl sites for hydroxylation is 2. The minimum absolute atomic E-state index is 0.0584. The monoisotopic (exact) mass is 501 g/mol. The fourth-order valence-electron chi connectivity index (χ4n) is 4.59. The molecule has 2 heterocycles. The van der Waals surface area contributed by atoms with Gasteiger partial charge in [-0.25, -0.2) is 18.4 Å². The lowest BCUT2D eigenvalue weighted by Crippen LogP contribution is -2.49. The fourth-order valence-corrected chi connectivity index (χ4v) is 6.01. The van der Waals surface area contributed by atoms with Gasteiger partial charge in [-0.1, -0.05) is 42.0 Å². The molecule has 4 aromatic rings. The van der Waals surface area contributed by atoms with Crippen molar-refractivity contribution in [2.45, 2.75) is 31.7 Å². The maximum Gasteiger partial charge on any atom is 0.243 e. The van der Waals surface area contributed by atoms with Gasteiger partial charge in [-0.15, -0.1) is 0 Å². The first-order valence-electron chi connectivity index (χ1n) is 12.2. The number of aromatic nitrogens is 2. The Balaban J connectivity index is 1.36. The summed E-state index contributed by atoms with van der Waals surface area (Å²) in [6.45, 7) is 8.20. The van der Waals surface area contributed by atoms with Gasteiger partial charge in [-0.3, -0.25) is 4.90 Å². The highest BCUT2D eigenvalue weighted by Gasteiger charge is 2.31. The molecule has 5 rings (SSSR count). The van der Waals surface area contributed by atoms with Crippen LogP contribution >= 0.6 is 0 Å². The Hall–Kier alpha value is -3.33. The number of nitrogens with zero attached hydrogens (tertiary/aromatic N) is 4. The maximum absolute atomic E-state index is 13.1. The Morgan fingerprint density at radius 3 is 2.28 bits per heavy atom. The van der Waals surface area contributed by atoms with Crippen LogP contribution in [0.3, 0.4) is 0 Å². The highest BCUT2D eigenvalue weighted by molar-refractivity contribution is 7.89. The average Bonchev–Trinajstić information content (AvgIpc) is 2.88. The van der Waals surface area contributed by atoms with Crippen LogP contribution in [-0.4, -0.2) is 53.8 Å². The van der Waals surface area contributed by atoms with Crippen molar-refractivity contribution in [3.8, 4) is 0 Å². The van der Waals surface area contributed by atoms with E-state index in [4.69, 9.17) is 9.97 Å². The summed E-state index contributed by atoms with van der Waals surface area (Å²) in [4.78, 5) is 12.4. The van der Waals surface area contributed by atoms with Gasteiger partial charge in [0.2, 0.25) is 10.0 Å². The highest BCUT2D eigenvalue weighted by Crippen LogP contribution is 2.28. The number of anilines is 2. The van der Waals surface area contributed by atoms with Gasteiger partial charge in [0.25, 0.3) is 0 Å². The van der Waals surface area contributed by atoms with Gasteiger partial charge in [0.15, 0.2) is 0 Å². The number of hydrogen-bond donors (Lipinski definition) is 1. The van der Waals surface area contributed by atoms with Gasteiger partial charge in [-0.05, 0) is 62.7 Å². The van der Waals surface area contributed by atoms with Crippen LogP contribution in [0.4, 0.5) is 11.5 Å². The normalized spacial score (nSPS) is 16.2. The molecule has 1 aliphatic heterocycles. The summed E-state index contributed by atoms with van der Waals surface area (Å²) < 4.78 is 27.8. The van der Waals surface area contributed by atoms with E-state index in [1.165, 1.54) is 5.56 Å². The Morgan fingerprint density at radius 2 is 1.56 bits per heavy atom. The van der Waals surface area contributed by atoms with Crippen molar-refractivity contribution in [1.82, 2.24) is 19.2 Å². The molecule has 0 radical (unpaired) electrons. The van der Waals surface area contributed by atoms with Gasteiger partial charge in [-0.2, -0.15) is 4.31 Å². The molecule has 1 fully saturated rings. The van der Waals surface area contributed by atoms with Crippen molar-refractivity contribution in [3.63, 3.8) is 0 Å². The van der Waals surface area contributed by atoms with Gasteiger partial charge in [0, 0.05) is 37.3 Å². The second-order valence-electron chi connectivity index (χ2n) is 9.37. The van der Waals surface area contributed by atoms with E-state index in [9.17, 15) is 8.42 Å². The quantitative estimate of drug-likeness (QED) is 0.398. The predicted molar refractivity (Wildman–Crippen MR) is 144 cm³/mol. The topological polar surface area (TPSA) is 78.4 Å². The predicted octanol–water partition coefficient (Wildman–Crippen LogP) is 5.06. The van der Waals surface area contributed by atoms with E-state index in [-0.39, 0.29) is 6.04 Å². The molecule has 0 spiro atoms. The smallest absolute Gasteiger partial charge is 0.243 e. The third kappa shape index (κ3) is 4.97. The molecule has 1 saturated heterocycles. The van der Waals surface area contributed by atoms with Gasteiger partial charge < -0.3 is 5.32 Å². The number of hydrogen-bond acceptors (Lipinski definition) is 6. The van der Waals surface area contributed by atoms with Crippen molar-refractivity contribution >= 4 is 32.4 Å². The molecule has 0 saturated carbocycles. The van der Waals surface area contributed by atoms with Crippen molar-refractivity contribution in [2.75, 3.05) is 31.5 Å². The Kier molecular flexibility index (Phi) is 6.75. The molecule has 7 nitrogen and oxygen atoms in total. The van der Waals surface area contributed by atoms with Crippen LogP contribution in [-0.2, 0) is 10.0 Å². The van der Waals surface area contributed by atoms with Crippen LogP contribution in [0.5, 0.6) is 0 Å². The zero-order valence-electron chi connectivity index (χ0n) is 20.8. The lowest BCUT2D eigenvalue weighted by Gasteiger charge is -2.36. The zero-order chi connectivity index (χ0) is 25.3. The zero-order valence-corrected chi connectivity index (χ0v) is 21.7. The molecule has 1 atom stereocenters. The number of piperazine rings is 1. The molecule has 1 aliphatic rings. The lowest BCUT2D eigenvalue weighted by molar-refractivity contribution is 0.141. The third-order valence-electron chi connectivity index (χ3n) is 6.75. The summed E-state index contributed by atoms with van der Waals surface area (Å²) in [5.41, 5.74) is 4.07. The van der Waals surface area contributed by atoms with Crippen molar-refractivity contribution in [1.29, 1.82) is 0 Å². The Labute approximate surface area is 212 Å². The fraction of sp³-hybridized carbons (Fsp3) is 0.286. The van der Waals surface area contributed by atoms with E-state index >= 15 is 0 Å². The number of benzene rings is 3. The van der Waals surface area contributed by atoms with E-state index in [1.54, 1.807) is 16.4 Å². The summed E-state index contributed by atoms with van der Waals surface area (Å²) in [5, 5.41) is 4.44. The van der Waals surface area contributed by atoms with Crippen LogP contribution < -0.4 is 5.32 Å². The van der Waals surface area contributed by atoms with Crippen molar-refractivity contribution < 1.29 is 8.42 Å². The summed E-state index contributed by atoms with van der Waals surface area (Å²) in [6, 6.07) is 23.2. The van der Waals surface area contributed by atoms with E-state index in [1.807, 2.05) is 55.5 Å². The molecule has 186 valence electrons. The standard InChI is InChI=1S/C28H31N5O2S/c1-20-11-13-24(14-12-20)36(34,35)33-17-15-32(16-18-33)22(3)27-30-26-10-5-4-9-25(26)28(31-27)29-23-8-6-7-21(2)19-23/h4-14,19,22H,15-18H2,1-3H3,(H,29,30,31). The van der Waals surface area contributed by atoms with Gasteiger partial charge in [0.05, 0.1) is 16.5 Å². The maximum atomic E-state index is 13.1. The molecule has 3 aromatic carbocycles. The van der Waals surface area contributed by atoms with Crippen LogP contribution in [0.25, 0.3) is 10.9 Å². The van der Waals surface area contributed by atoms with Crippen LogP contribution in [0, 0.1) is 13.8 Å². The van der Waals surface area contributed by atoms with E-state index in [0.29, 0.717) is 31.1 Å². The number of sulfonamides is 1. The molecule has 36 heavy (non-hydrogen) atoms. The summed E-state index contributed by atoms with van der Waals surface area (Å²) in [7, 11) is -3.50. The minimum Gasteiger partial charge on any atom is -0.340 e.